The summed E-state index contributed by atoms with van der Waals surface area (Å²) in [7, 11) is -6.84. The first kappa shape index (κ1) is 18.9. The van der Waals surface area contributed by atoms with E-state index in [4.69, 9.17) is 0 Å². The van der Waals surface area contributed by atoms with E-state index in [1.165, 1.54) is 24.3 Å². The molecule has 0 radical (unpaired) electrons. The fraction of sp³-hybridized carbons (Fsp3) is 0.533. The van der Waals surface area contributed by atoms with Gasteiger partial charge in [-0.25, -0.2) is 21.6 Å². The molecule has 1 heterocycles. The fourth-order valence-corrected chi connectivity index (χ4v) is 5.58. The quantitative estimate of drug-likeness (QED) is 0.805. The van der Waals surface area contributed by atoms with Crippen LogP contribution in [0.3, 0.4) is 0 Å². The molecule has 9 heteroatoms. The summed E-state index contributed by atoms with van der Waals surface area (Å²) in [4.78, 5) is 12.2. The van der Waals surface area contributed by atoms with E-state index in [0.717, 1.165) is 0 Å². The summed E-state index contributed by atoms with van der Waals surface area (Å²) in [6, 6.07) is 5.24. The summed E-state index contributed by atoms with van der Waals surface area (Å²) in [5, 5.41) is 2.64. The van der Waals surface area contributed by atoms with E-state index in [1.54, 1.807) is 20.8 Å². The van der Waals surface area contributed by atoms with Crippen molar-refractivity contribution < 1.29 is 21.6 Å². The molecule has 1 atom stereocenters. The van der Waals surface area contributed by atoms with E-state index in [0.29, 0.717) is 6.42 Å². The molecule has 1 aromatic rings. The lowest BCUT2D eigenvalue weighted by atomic mass is 10.1. The number of hydrogen-bond acceptors (Lipinski definition) is 5. The Morgan fingerprint density at radius 3 is 2.46 bits per heavy atom. The number of nitrogens with one attached hydrogen (secondary N) is 2. The Kier molecular flexibility index (Phi) is 5.08. The molecule has 0 bridgehead atoms. The van der Waals surface area contributed by atoms with E-state index in [9.17, 15) is 21.6 Å². The maximum absolute atomic E-state index is 12.3. The number of amides is 1. The molecule has 24 heavy (non-hydrogen) atoms. The van der Waals surface area contributed by atoms with Crippen LogP contribution in [0.2, 0.25) is 0 Å². The Hall–Kier alpha value is -1.45. The Labute approximate surface area is 142 Å². The van der Waals surface area contributed by atoms with Crippen molar-refractivity contribution in [3.05, 3.63) is 29.8 Å². The lowest BCUT2D eigenvalue weighted by molar-refractivity contribution is 0.0941. The Morgan fingerprint density at radius 2 is 1.92 bits per heavy atom. The van der Waals surface area contributed by atoms with Gasteiger partial charge in [0, 0.05) is 17.1 Å². The monoisotopic (exact) mass is 374 g/mol. The van der Waals surface area contributed by atoms with Gasteiger partial charge >= 0.3 is 0 Å². The van der Waals surface area contributed by atoms with Crippen LogP contribution < -0.4 is 10.0 Å². The topological polar surface area (TPSA) is 109 Å². The van der Waals surface area contributed by atoms with Crippen LogP contribution >= 0.6 is 0 Å². The largest absolute Gasteiger partial charge is 0.348 e. The van der Waals surface area contributed by atoms with Gasteiger partial charge in [0.1, 0.15) is 0 Å². The van der Waals surface area contributed by atoms with Crippen molar-refractivity contribution in [2.75, 3.05) is 11.5 Å². The third-order valence-electron chi connectivity index (χ3n) is 3.41. The van der Waals surface area contributed by atoms with Gasteiger partial charge in [-0.3, -0.25) is 4.79 Å². The van der Waals surface area contributed by atoms with Crippen molar-refractivity contribution in [2.45, 2.75) is 43.7 Å². The van der Waals surface area contributed by atoms with Crippen molar-refractivity contribution in [2.24, 2.45) is 0 Å². The molecule has 0 spiro atoms. The number of carbonyl (C=O) groups is 1. The number of sulfone groups is 1. The van der Waals surface area contributed by atoms with Gasteiger partial charge in [-0.05, 0) is 45.4 Å². The highest BCUT2D eigenvalue weighted by atomic mass is 32.2. The summed E-state index contributed by atoms with van der Waals surface area (Å²) in [6.07, 6.45) is 0.373. The second-order valence-corrected chi connectivity index (χ2v) is 10.9. The lowest BCUT2D eigenvalue weighted by Gasteiger charge is -2.20. The summed E-state index contributed by atoms with van der Waals surface area (Å²) < 4.78 is 50.1. The molecule has 1 unspecified atom stereocenters. The predicted octanol–water partition coefficient (Wildman–Crippen LogP) is 0.680. The highest BCUT2D eigenvalue weighted by Gasteiger charge is 2.29. The van der Waals surface area contributed by atoms with Gasteiger partial charge in [0.25, 0.3) is 5.91 Å². The minimum atomic E-state index is -3.75. The number of sulfonamides is 1. The molecule has 7 nitrogen and oxygen atoms in total. The normalized spacial score (nSPS) is 20.7. The molecular weight excluding hydrogens is 352 g/mol. The summed E-state index contributed by atoms with van der Waals surface area (Å²) >= 11 is 0. The van der Waals surface area contributed by atoms with Gasteiger partial charge in [0.15, 0.2) is 9.84 Å². The van der Waals surface area contributed by atoms with E-state index < -0.39 is 37.3 Å². The van der Waals surface area contributed by atoms with E-state index >= 15 is 0 Å². The van der Waals surface area contributed by atoms with Crippen molar-refractivity contribution in [3.8, 4) is 0 Å². The van der Waals surface area contributed by atoms with Crippen molar-refractivity contribution in [1.82, 2.24) is 10.0 Å². The zero-order chi connectivity index (χ0) is 18.2. The molecule has 134 valence electrons. The zero-order valence-electron chi connectivity index (χ0n) is 13.9. The minimum Gasteiger partial charge on any atom is -0.348 e. The second kappa shape index (κ2) is 6.45. The summed E-state index contributed by atoms with van der Waals surface area (Å²) in [5.41, 5.74) is -0.467. The third kappa shape index (κ3) is 5.02. The minimum absolute atomic E-state index is 0.0101. The average molecular weight is 374 g/mol. The smallest absolute Gasteiger partial charge is 0.251 e. The van der Waals surface area contributed by atoms with Crippen LogP contribution in [0.25, 0.3) is 0 Å². The molecule has 0 saturated carbocycles. The van der Waals surface area contributed by atoms with Crippen LogP contribution in [0.5, 0.6) is 0 Å². The van der Waals surface area contributed by atoms with Gasteiger partial charge in [0.05, 0.1) is 16.4 Å². The molecular formula is C15H22N2O5S2. The number of carbonyl (C=O) groups excluding carboxylic acids is 1. The van der Waals surface area contributed by atoms with Crippen LogP contribution in [0.1, 0.15) is 37.6 Å². The van der Waals surface area contributed by atoms with Crippen LogP contribution in [-0.4, -0.2) is 45.8 Å². The lowest BCUT2D eigenvalue weighted by Crippen LogP contribution is -2.40. The first-order valence-electron chi connectivity index (χ1n) is 7.53. The highest BCUT2D eigenvalue weighted by Crippen LogP contribution is 2.16. The molecule has 0 aromatic heterocycles. The average Bonchev–Trinajstić information content (AvgIpc) is 2.75. The Bertz CT molecular complexity index is 839. The molecule has 0 aliphatic carbocycles. The van der Waals surface area contributed by atoms with Gasteiger partial charge in [-0.2, -0.15) is 0 Å². The fourth-order valence-electron chi connectivity index (χ4n) is 2.44. The Balaban J connectivity index is 2.17. The highest BCUT2D eigenvalue weighted by molar-refractivity contribution is 7.91. The number of hydrogen-bond donors (Lipinski definition) is 2. The van der Waals surface area contributed by atoms with Gasteiger partial charge in [-0.15, -0.1) is 0 Å². The van der Waals surface area contributed by atoms with E-state index in [2.05, 4.69) is 10.0 Å². The molecule has 1 aliphatic rings. The SMILES string of the molecule is CC(C)(C)NS(=O)(=O)c1cccc(C(=O)NC2CCS(=O)(=O)C2)c1. The Morgan fingerprint density at radius 1 is 1.25 bits per heavy atom. The van der Waals surface area contributed by atoms with Crippen LogP contribution in [0.15, 0.2) is 29.2 Å². The van der Waals surface area contributed by atoms with Gasteiger partial charge in [-0.1, -0.05) is 6.07 Å². The molecule has 1 amide bonds. The maximum atomic E-state index is 12.3. The van der Waals surface area contributed by atoms with E-state index in [-0.39, 0.29) is 22.0 Å². The molecule has 1 saturated heterocycles. The van der Waals surface area contributed by atoms with Crippen LogP contribution in [0, 0.1) is 0 Å². The maximum Gasteiger partial charge on any atom is 0.251 e. The van der Waals surface area contributed by atoms with Crippen molar-refractivity contribution in [3.63, 3.8) is 0 Å². The van der Waals surface area contributed by atoms with Crippen LogP contribution in [0.4, 0.5) is 0 Å². The zero-order valence-corrected chi connectivity index (χ0v) is 15.5. The van der Waals surface area contributed by atoms with Crippen molar-refractivity contribution in [1.29, 1.82) is 0 Å². The summed E-state index contributed by atoms with van der Waals surface area (Å²) in [5.74, 6) is -0.505. The molecule has 1 aliphatic heterocycles. The first-order chi connectivity index (χ1) is 10.9. The molecule has 2 N–H and O–H groups in total. The first-order valence-corrected chi connectivity index (χ1v) is 10.8. The van der Waals surface area contributed by atoms with Crippen molar-refractivity contribution >= 4 is 25.8 Å². The van der Waals surface area contributed by atoms with Crippen LogP contribution in [-0.2, 0) is 19.9 Å². The van der Waals surface area contributed by atoms with Gasteiger partial charge < -0.3 is 5.32 Å². The third-order valence-corrected chi connectivity index (χ3v) is 6.94. The molecule has 1 fully saturated rings. The predicted molar refractivity (Wildman–Crippen MR) is 91.0 cm³/mol. The number of rotatable bonds is 4. The summed E-state index contributed by atoms with van der Waals surface area (Å²) in [6.45, 7) is 5.17. The second-order valence-electron chi connectivity index (χ2n) is 6.96. The standard InChI is InChI=1S/C15H22N2O5S2/c1-15(2,3)17-24(21,22)13-6-4-5-11(9-13)14(18)16-12-7-8-23(19,20)10-12/h4-6,9,12,17H,7-8,10H2,1-3H3,(H,16,18). The number of benzene rings is 1. The molecule has 2 rings (SSSR count). The molecule has 1 aromatic carbocycles. The van der Waals surface area contributed by atoms with E-state index in [1.807, 2.05) is 0 Å². The van der Waals surface area contributed by atoms with Gasteiger partial charge in [0.2, 0.25) is 10.0 Å².